The molecule has 0 unspecified atom stereocenters. The number of carbonyl (C=O) groups excluding carboxylic acids is 1. The van der Waals surface area contributed by atoms with Gasteiger partial charge in [0.2, 0.25) is 5.91 Å². The predicted octanol–water partition coefficient (Wildman–Crippen LogP) is 1.57. The zero-order valence-electron chi connectivity index (χ0n) is 13.6. The van der Waals surface area contributed by atoms with Gasteiger partial charge in [-0.3, -0.25) is 9.69 Å². The maximum absolute atomic E-state index is 12.6. The first-order valence-corrected chi connectivity index (χ1v) is 8.39. The van der Waals surface area contributed by atoms with Crippen molar-refractivity contribution < 1.29 is 4.79 Å². The normalized spacial score (nSPS) is 21.7. The Morgan fingerprint density at radius 2 is 2.22 bits per heavy atom. The quantitative estimate of drug-likeness (QED) is 0.916. The molecule has 0 spiro atoms. The Morgan fingerprint density at radius 1 is 1.43 bits per heavy atom. The maximum Gasteiger partial charge on any atom is 0.238 e. The molecule has 0 bridgehead atoms. The summed E-state index contributed by atoms with van der Waals surface area (Å²) in [4.78, 5) is 23.1. The van der Waals surface area contributed by atoms with E-state index in [0.717, 1.165) is 56.3 Å². The molecule has 0 radical (unpaired) electrons. The molecule has 122 valence electrons. The number of nitrogens with one attached hydrogen (secondary N) is 1. The molecular weight excluding hydrogens is 290 g/mol. The molecule has 1 fully saturated rings. The van der Waals surface area contributed by atoms with E-state index in [9.17, 15) is 10.1 Å². The topological polar surface area (TPSA) is 81.9 Å². The molecule has 0 aromatic carbocycles. The van der Waals surface area contributed by atoms with Crippen LogP contribution in [-0.4, -0.2) is 38.9 Å². The molecule has 3 rings (SSSR count). The summed E-state index contributed by atoms with van der Waals surface area (Å²) in [7, 11) is 0. The number of nitrogens with zero attached hydrogens (tertiary/aromatic N) is 4. The van der Waals surface area contributed by atoms with Gasteiger partial charge in [-0.2, -0.15) is 5.26 Å². The number of amides is 1. The van der Waals surface area contributed by atoms with Crippen molar-refractivity contribution in [1.29, 1.82) is 5.26 Å². The van der Waals surface area contributed by atoms with Gasteiger partial charge in [-0.05, 0) is 31.7 Å². The van der Waals surface area contributed by atoms with E-state index in [0.29, 0.717) is 6.54 Å². The van der Waals surface area contributed by atoms with Crippen LogP contribution in [0.4, 0.5) is 0 Å². The predicted molar refractivity (Wildman–Crippen MR) is 85.2 cm³/mol. The fourth-order valence-corrected chi connectivity index (χ4v) is 3.53. The Bertz CT molecular complexity index is 618. The summed E-state index contributed by atoms with van der Waals surface area (Å²) >= 11 is 0. The van der Waals surface area contributed by atoms with Gasteiger partial charge in [-0.15, -0.1) is 0 Å². The van der Waals surface area contributed by atoms with Crippen LogP contribution in [0.15, 0.2) is 12.5 Å². The summed E-state index contributed by atoms with van der Waals surface area (Å²) in [6.07, 6.45) is 8.97. The lowest BCUT2D eigenvalue weighted by Crippen LogP contribution is -2.55. The molecule has 6 heteroatoms. The van der Waals surface area contributed by atoms with Crippen LogP contribution in [0.2, 0.25) is 0 Å². The molecule has 6 nitrogen and oxygen atoms in total. The molecule has 1 N–H and O–H groups in total. The lowest BCUT2D eigenvalue weighted by molar-refractivity contribution is -0.128. The van der Waals surface area contributed by atoms with Gasteiger partial charge in [0.1, 0.15) is 11.9 Å². The number of fused-ring (bicyclic) bond motifs is 1. The number of hydrogen-bond donors (Lipinski definition) is 1. The van der Waals surface area contributed by atoms with Crippen LogP contribution in [0.1, 0.15) is 50.3 Å². The van der Waals surface area contributed by atoms with Gasteiger partial charge in [-0.25, -0.2) is 9.97 Å². The van der Waals surface area contributed by atoms with E-state index in [1.165, 1.54) is 0 Å². The Hall–Kier alpha value is -2.00. The maximum atomic E-state index is 12.6. The second-order valence-electron chi connectivity index (χ2n) is 6.63. The molecule has 1 atom stereocenters. The van der Waals surface area contributed by atoms with Gasteiger partial charge >= 0.3 is 0 Å². The highest BCUT2D eigenvalue weighted by atomic mass is 16.2. The van der Waals surface area contributed by atoms with Gasteiger partial charge in [0.05, 0.1) is 17.8 Å². The largest absolute Gasteiger partial charge is 0.336 e. The molecule has 2 aliphatic rings. The van der Waals surface area contributed by atoms with Crippen molar-refractivity contribution in [2.75, 3.05) is 6.54 Å². The summed E-state index contributed by atoms with van der Waals surface area (Å²) in [5.41, 5.74) is 1.50. The second-order valence-corrected chi connectivity index (χ2v) is 6.63. The zero-order chi connectivity index (χ0) is 16.3. The molecular formula is C17H23N5O. The molecule has 1 aliphatic heterocycles. The van der Waals surface area contributed by atoms with Crippen molar-refractivity contribution in [2.24, 2.45) is 0 Å². The number of hydrogen-bond acceptors (Lipinski definition) is 5. The van der Waals surface area contributed by atoms with E-state index < -0.39 is 5.54 Å². The smallest absolute Gasteiger partial charge is 0.238 e. The third-order valence-corrected chi connectivity index (χ3v) is 5.11. The lowest BCUT2D eigenvalue weighted by Gasteiger charge is -2.36. The summed E-state index contributed by atoms with van der Waals surface area (Å²) in [5, 5.41) is 12.5. The average molecular weight is 313 g/mol. The van der Waals surface area contributed by atoms with Crippen molar-refractivity contribution >= 4 is 5.91 Å². The van der Waals surface area contributed by atoms with Crippen LogP contribution in [0, 0.1) is 11.3 Å². The zero-order valence-corrected chi connectivity index (χ0v) is 13.6. The highest BCUT2D eigenvalue weighted by molar-refractivity contribution is 5.82. The minimum atomic E-state index is -0.667. The molecule has 23 heavy (non-hydrogen) atoms. The third-order valence-electron chi connectivity index (χ3n) is 5.11. The van der Waals surface area contributed by atoms with Crippen molar-refractivity contribution in [3.8, 4) is 6.07 Å². The SMILES string of the molecule is C[C@@H](C(=O)NC1(C#N)CCCCC1)N1CCc2cncnc2C1. The number of rotatable bonds is 3. The summed E-state index contributed by atoms with van der Waals surface area (Å²) in [5.74, 6) is -0.0500. The van der Waals surface area contributed by atoms with Crippen molar-refractivity contribution in [1.82, 2.24) is 20.2 Å². The van der Waals surface area contributed by atoms with E-state index in [4.69, 9.17) is 0 Å². The van der Waals surface area contributed by atoms with Crippen molar-refractivity contribution in [3.63, 3.8) is 0 Å². The number of aromatic nitrogens is 2. The molecule has 1 amide bonds. The van der Waals surface area contributed by atoms with E-state index >= 15 is 0 Å². The Kier molecular flexibility index (Phi) is 4.58. The standard InChI is InChI=1S/C17H23N5O/c1-13(16(23)21-17(11-18)6-3-2-4-7-17)22-8-5-14-9-19-12-20-15(14)10-22/h9,12-13H,2-8,10H2,1H3,(H,21,23)/t13-/m0/s1. The highest BCUT2D eigenvalue weighted by Crippen LogP contribution is 2.28. The van der Waals surface area contributed by atoms with Gasteiger partial charge in [0.25, 0.3) is 0 Å². The Balaban J connectivity index is 1.65. The van der Waals surface area contributed by atoms with Crippen LogP contribution >= 0.6 is 0 Å². The van der Waals surface area contributed by atoms with Crippen LogP contribution in [-0.2, 0) is 17.8 Å². The van der Waals surface area contributed by atoms with Crippen LogP contribution in [0.5, 0.6) is 0 Å². The molecule has 1 aromatic rings. The molecule has 1 saturated carbocycles. The van der Waals surface area contributed by atoms with Crippen molar-refractivity contribution in [2.45, 2.75) is 63.6 Å². The van der Waals surface area contributed by atoms with E-state index in [2.05, 4.69) is 26.3 Å². The summed E-state index contributed by atoms with van der Waals surface area (Å²) in [6, 6.07) is 2.09. The fraction of sp³-hybridized carbons (Fsp3) is 0.647. The number of carbonyl (C=O) groups is 1. The second kappa shape index (κ2) is 6.63. The third kappa shape index (κ3) is 3.35. The fourth-order valence-electron chi connectivity index (χ4n) is 3.53. The average Bonchev–Trinajstić information content (AvgIpc) is 2.61. The summed E-state index contributed by atoms with van der Waals surface area (Å²) < 4.78 is 0. The Morgan fingerprint density at radius 3 is 2.96 bits per heavy atom. The van der Waals surface area contributed by atoms with Crippen LogP contribution in [0.25, 0.3) is 0 Å². The molecule has 1 aliphatic carbocycles. The van der Waals surface area contributed by atoms with Crippen LogP contribution < -0.4 is 5.32 Å². The highest BCUT2D eigenvalue weighted by Gasteiger charge is 2.36. The monoisotopic (exact) mass is 313 g/mol. The first kappa shape index (κ1) is 15.9. The number of nitriles is 1. The first-order valence-electron chi connectivity index (χ1n) is 8.39. The van der Waals surface area contributed by atoms with Gasteiger partial charge in [0.15, 0.2) is 0 Å². The van der Waals surface area contributed by atoms with Gasteiger partial charge in [0, 0.05) is 19.3 Å². The lowest BCUT2D eigenvalue weighted by atomic mass is 9.82. The van der Waals surface area contributed by atoms with E-state index in [1.54, 1.807) is 6.33 Å². The van der Waals surface area contributed by atoms with Crippen LogP contribution in [0.3, 0.4) is 0 Å². The molecule has 0 saturated heterocycles. The van der Waals surface area contributed by atoms with Gasteiger partial charge in [-0.1, -0.05) is 19.3 Å². The van der Waals surface area contributed by atoms with E-state index in [1.807, 2.05) is 13.1 Å². The molecule has 2 heterocycles. The van der Waals surface area contributed by atoms with Crippen molar-refractivity contribution in [3.05, 3.63) is 23.8 Å². The first-order chi connectivity index (χ1) is 11.1. The van der Waals surface area contributed by atoms with E-state index in [-0.39, 0.29) is 11.9 Å². The minimum absolute atomic E-state index is 0.0500. The van der Waals surface area contributed by atoms with Gasteiger partial charge < -0.3 is 5.32 Å². The molecule has 1 aromatic heterocycles. The summed E-state index contributed by atoms with van der Waals surface area (Å²) in [6.45, 7) is 3.38. The minimum Gasteiger partial charge on any atom is -0.336 e. The Labute approximate surface area is 136 Å².